The maximum Gasteiger partial charge on any atom is 0.305 e. The second kappa shape index (κ2) is 4.62. The number of aromatic nitrogens is 4. The second-order valence-electron chi connectivity index (χ2n) is 1.97. The molecule has 0 bridgehead atoms. The van der Waals surface area contributed by atoms with Gasteiger partial charge in [0.25, 0.3) is 0 Å². The van der Waals surface area contributed by atoms with Crippen molar-refractivity contribution in [1.82, 2.24) is 20.6 Å². The normalized spacial score (nSPS) is 11.8. The minimum atomic E-state index is -0.984. The monoisotopic (exact) mass is 193 g/mol. The van der Waals surface area contributed by atoms with Gasteiger partial charge in [0.05, 0.1) is 12.5 Å². The number of nitrogens with zero attached hydrogens (tertiary/aromatic N) is 3. The van der Waals surface area contributed by atoms with Gasteiger partial charge in [0, 0.05) is 0 Å². The lowest BCUT2D eigenvalue weighted by Gasteiger charge is -2.00. The van der Waals surface area contributed by atoms with Gasteiger partial charge in [-0.05, 0) is 0 Å². The van der Waals surface area contributed by atoms with Crippen molar-refractivity contribution in [3.8, 4) is 0 Å². The minimum absolute atomic E-state index is 0. The summed E-state index contributed by atoms with van der Waals surface area (Å²) >= 11 is 0. The number of carboxylic acids is 1. The Hall–Kier alpha value is -1.21. The molecule has 0 radical (unpaired) electrons. The third-order valence-corrected chi connectivity index (χ3v) is 1.09. The van der Waals surface area contributed by atoms with Crippen LogP contribution < -0.4 is 5.73 Å². The number of rotatable bonds is 3. The molecule has 1 aromatic heterocycles. The number of hydrogen-bond donors (Lipinski definition) is 3. The highest BCUT2D eigenvalue weighted by atomic mass is 35.5. The van der Waals surface area contributed by atoms with E-state index in [9.17, 15) is 4.79 Å². The molecule has 0 amide bonds. The SMILES string of the molecule is Cl.NC(CC(=O)O)c1nn[nH]n1. The maximum absolute atomic E-state index is 10.1. The van der Waals surface area contributed by atoms with Crippen molar-refractivity contribution >= 4 is 18.4 Å². The van der Waals surface area contributed by atoms with Crippen LogP contribution >= 0.6 is 12.4 Å². The molecule has 0 saturated heterocycles. The highest BCUT2D eigenvalue weighted by molar-refractivity contribution is 5.85. The molecule has 0 fully saturated rings. The van der Waals surface area contributed by atoms with Crippen molar-refractivity contribution in [1.29, 1.82) is 0 Å². The molecule has 0 aliphatic rings. The van der Waals surface area contributed by atoms with E-state index in [0.29, 0.717) is 0 Å². The molecule has 1 atom stereocenters. The number of tetrazole rings is 1. The average molecular weight is 194 g/mol. The predicted molar refractivity (Wildman–Crippen MR) is 40.6 cm³/mol. The summed E-state index contributed by atoms with van der Waals surface area (Å²) in [5, 5.41) is 20.8. The molecule has 12 heavy (non-hydrogen) atoms. The Labute approximate surface area is 73.7 Å². The molecular weight excluding hydrogens is 186 g/mol. The highest BCUT2D eigenvalue weighted by Gasteiger charge is 2.13. The Kier molecular flexibility index (Phi) is 4.16. The van der Waals surface area contributed by atoms with Crippen LogP contribution in [-0.4, -0.2) is 31.7 Å². The first-order chi connectivity index (χ1) is 5.20. The van der Waals surface area contributed by atoms with Gasteiger partial charge in [-0.1, -0.05) is 5.21 Å². The van der Waals surface area contributed by atoms with E-state index in [0.717, 1.165) is 0 Å². The van der Waals surface area contributed by atoms with Crippen LogP contribution in [0.5, 0.6) is 0 Å². The summed E-state index contributed by atoms with van der Waals surface area (Å²) < 4.78 is 0. The van der Waals surface area contributed by atoms with E-state index in [1.165, 1.54) is 0 Å². The number of aliphatic carboxylic acids is 1. The largest absolute Gasteiger partial charge is 0.481 e. The smallest absolute Gasteiger partial charge is 0.305 e. The molecule has 0 aliphatic heterocycles. The Morgan fingerprint density at radius 1 is 1.75 bits per heavy atom. The first-order valence-electron chi connectivity index (χ1n) is 2.91. The number of H-pyrrole nitrogens is 1. The van der Waals surface area contributed by atoms with Crippen molar-refractivity contribution in [2.45, 2.75) is 12.5 Å². The van der Waals surface area contributed by atoms with Gasteiger partial charge < -0.3 is 10.8 Å². The lowest BCUT2D eigenvalue weighted by Crippen LogP contribution is -2.16. The highest BCUT2D eigenvalue weighted by Crippen LogP contribution is 2.05. The fourth-order valence-corrected chi connectivity index (χ4v) is 0.606. The number of aromatic amines is 1. The van der Waals surface area contributed by atoms with E-state index in [4.69, 9.17) is 10.8 Å². The first kappa shape index (κ1) is 10.8. The number of nitrogens with two attached hydrogens (primary N) is 1. The second-order valence-corrected chi connectivity index (χ2v) is 1.97. The average Bonchev–Trinajstić information content (AvgIpc) is 2.35. The van der Waals surface area contributed by atoms with Gasteiger partial charge in [0.1, 0.15) is 0 Å². The van der Waals surface area contributed by atoms with Crippen LogP contribution in [0, 0.1) is 0 Å². The topological polar surface area (TPSA) is 118 Å². The summed E-state index contributed by atoms with van der Waals surface area (Å²) in [7, 11) is 0. The van der Waals surface area contributed by atoms with E-state index in [1.54, 1.807) is 0 Å². The molecule has 0 aromatic carbocycles. The molecule has 68 valence electrons. The van der Waals surface area contributed by atoms with Gasteiger partial charge in [-0.15, -0.1) is 22.6 Å². The van der Waals surface area contributed by atoms with Gasteiger partial charge in [-0.2, -0.15) is 5.21 Å². The zero-order valence-electron chi connectivity index (χ0n) is 5.97. The molecule has 0 spiro atoms. The molecular formula is C4H8ClN5O2. The summed E-state index contributed by atoms with van der Waals surface area (Å²) in [6.07, 6.45) is -0.195. The van der Waals surface area contributed by atoms with Crippen molar-refractivity contribution in [2.24, 2.45) is 5.73 Å². The zero-order valence-corrected chi connectivity index (χ0v) is 6.78. The Bertz CT molecular complexity index is 238. The summed E-state index contributed by atoms with van der Waals surface area (Å²) in [6.45, 7) is 0. The van der Waals surface area contributed by atoms with Crippen LogP contribution in [-0.2, 0) is 4.79 Å². The Balaban J connectivity index is 0.00000121. The van der Waals surface area contributed by atoms with Crippen LogP contribution in [0.15, 0.2) is 0 Å². The van der Waals surface area contributed by atoms with Gasteiger partial charge >= 0.3 is 5.97 Å². The third kappa shape index (κ3) is 2.81. The summed E-state index contributed by atoms with van der Waals surface area (Å²) in [5.74, 6) is -0.769. The summed E-state index contributed by atoms with van der Waals surface area (Å²) in [4.78, 5) is 10.1. The molecule has 1 aromatic rings. The van der Waals surface area contributed by atoms with E-state index in [1.807, 2.05) is 0 Å². The number of carbonyl (C=O) groups is 1. The van der Waals surface area contributed by atoms with E-state index in [-0.39, 0.29) is 24.7 Å². The molecule has 0 saturated carbocycles. The predicted octanol–water partition coefficient (Wildman–Crippen LogP) is -0.904. The molecule has 1 unspecified atom stereocenters. The van der Waals surface area contributed by atoms with E-state index < -0.39 is 12.0 Å². The van der Waals surface area contributed by atoms with Crippen LogP contribution in [0.2, 0.25) is 0 Å². The van der Waals surface area contributed by atoms with Gasteiger partial charge in [-0.3, -0.25) is 4.79 Å². The first-order valence-corrected chi connectivity index (χ1v) is 2.91. The number of carboxylic acid groups (broad SMARTS) is 1. The Morgan fingerprint density at radius 3 is 2.83 bits per heavy atom. The van der Waals surface area contributed by atoms with E-state index >= 15 is 0 Å². The molecule has 1 rings (SSSR count). The molecule has 0 aliphatic carbocycles. The lowest BCUT2D eigenvalue weighted by molar-refractivity contribution is -0.137. The lowest BCUT2D eigenvalue weighted by atomic mass is 10.2. The van der Waals surface area contributed by atoms with Crippen LogP contribution in [0.25, 0.3) is 0 Å². The minimum Gasteiger partial charge on any atom is -0.481 e. The van der Waals surface area contributed by atoms with Crippen molar-refractivity contribution in [3.05, 3.63) is 5.82 Å². The summed E-state index contributed by atoms with van der Waals surface area (Å²) in [5.41, 5.74) is 5.37. The maximum atomic E-state index is 10.1. The fourth-order valence-electron chi connectivity index (χ4n) is 0.606. The number of halogens is 1. The fraction of sp³-hybridized carbons (Fsp3) is 0.500. The van der Waals surface area contributed by atoms with Crippen molar-refractivity contribution in [2.75, 3.05) is 0 Å². The van der Waals surface area contributed by atoms with E-state index in [2.05, 4.69) is 20.6 Å². The molecule has 1 heterocycles. The third-order valence-electron chi connectivity index (χ3n) is 1.09. The van der Waals surface area contributed by atoms with Crippen molar-refractivity contribution < 1.29 is 9.90 Å². The number of nitrogens with one attached hydrogen (secondary N) is 1. The quantitative estimate of drug-likeness (QED) is 0.572. The molecule has 7 nitrogen and oxygen atoms in total. The zero-order chi connectivity index (χ0) is 8.27. The van der Waals surface area contributed by atoms with Crippen LogP contribution in [0.1, 0.15) is 18.3 Å². The standard InChI is InChI=1S/C4H7N5O2.ClH/c5-2(1-3(10)11)4-6-8-9-7-4;/h2H,1,5H2,(H,10,11)(H,6,7,8,9);1H. The summed E-state index contributed by atoms with van der Waals surface area (Å²) in [6, 6.07) is -0.689. The number of hydrogen-bond acceptors (Lipinski definition) is 5. The molecule has 4 N–H and O–H groups in total. The van der Waals surface area contributed by atoms with Gasteiger partial charge in [0.15, 0.2) is 5.82 Å². The van der Waals surface area contributed by atoms with Gasteiger partial charge in [-0.25, -0.2) is 0 Å². The molecule has 8 heteroatoms. The van der Waals surface area contributed by atoms with Crippen LogP contribution in [0.4, 0.5) is 0 Å². The Morgan fingerprint density at radius 2 is 2.42 bits per heavy atom. The van der Waals surface area contributed by atoms with Crippen LogP contribution in [0.3, 0.4) is 0 Å². The van der Waals surface area contributed by atoms with Crippen molar-refractivity contribution in [3.63, 3.8) is 0 Å². The van der Waals surface area contributed by atoms with Gasteiger partial charge in [0.2, 0.25) is 0 Å².